The van der Waals surface area contributed by atoms with Crippen molar-refractivity contribution >= 4 is 11.7 Å². The molecule has 0 spiro atoms. The summed E-state index contributed by atoms with van der Waals surface area (Å²) >= 11 is 0. The number of pyridine rings is 1. The van der Waals surface area contributed by atoms with E-state index >= 15 is 0 Å². The Kier molecular flexibility index (Phi) is 6.07. The van der Waals surface area contributed by atoms with Crippen LogP contribution in [0.4, 0.5) is 5.82 Å². The summed E-state index contributed by atoms with van der Waals surface area (Å²) in [5.41, 5.74) is 0.683. The van der Waals surface area contributed by atoms with Gasteiger partial charge in [0.15, 0.2) is 0 Å². The van der Waals surface area contributed by atoms with Crippen LogP contribution in [0.2, 0.25) is 0 Å². The molecule has 0 bridgehead atoms. The lowest BCUT2D eigenvalue weighted by molar-refractivity contribution is 0.0697. The molecule has 1 N–H and O–H groups in total. The smallest absolute Gasteiger partial charge is 0.255 e. The maximum Gasteiger partial charge on any atom is 0.255 e. The summed E-state index contributed by atoms with van der Waals surface area (Å²) in [6.45, 7) is 6.54. The SMILES string of the molecule is CC1CCN(C(=O)c2ccc(NCCCOCC3CC3)nc2)CC1. The molecule has 0 aromatic carbocycles. The number of amides is 1. The van der Waals surface area contributed by atoms with E-state index in [2.05, 4.69) is 17.2 Å². The molecule has 1 saturated heterocycles. The summed E-state index contributed by atoms with van der Waals surface area (Å²) in [5, 5.41) is 3.28. The highest BCUT2D eigenvalue weighted by atomic mass is 16.5. The largest absolute Gasteiger partial charge is 0.381 e. The minimum atomic E-state index is 0.106. The molecule has 5 nitrogen and oxygen atoms in total. The van der Waals surface area contributed by atoms with Crippen molar-refractivity contribution in [1.29, 1.82) is 0 Å². The first-order valence-corrected chi connectivity index (χ1v) is 9.29. The van der Waals surface area contributed by atoms with Crippen LogP contribution < -0.4 is 5.32 Å². The van der Waals surface area contributed by atoms with Gasteiger partial charge in [0, 0.05) is 39.0 Å². The van der Waals surface area contributed by atoms with E-state index < -0.39 is 0 Å². The Balaban J connectivity index is 1.37. The molecule has 24 heavy (non-hydrogen) atoms. The van der Waals surface area contributed by atoms with Crippen molar-refractivity contribution in [2.45, 2.75) is 39.0 Å². The predicted octanol–water partition coefficient (Wildman–Crippen LogP) is 3.18. The number of hydrogen-bond donors (Lipinski definition) is 1. The molecule has 1 saturated carbocycles. The van der Waals surface area contributed by atoms with Crippen molar-refractivity contribution < 1.29 is 9.53 Å². The van der Waals surface area contributed by atoms with E-state index in [9.17, 15) is 4.79 Å². The van der Waals surface area contributed by atoms with Gasteiger partial charge in [0.2, 0.25) is 0 Å². The summed E-state index contributed by atoms with van der Waals surface area (Å²) in [6, 6.07) is 3.77. The van der Waals surface area contributed by atoms with Gasteiger partial charge in [0.1, 0.15) is 5.82 Å². The Morgan fingerprint density at radius 1 is 1.29 bits per heavy atom. The average molecular weight is 331 g/mol. The highest BCUT2D eigenvalue weighted by Crippen LogP contribution is 2.28. The van der Waals surface area contributed by atoms with E-state index in [-0.39, 0.29) is 5.91 Å². The molecule has 0 radical (unpaired) electrons. The molecule has 0 atom stereocenters. The zero-order valence-electron chi connectivity index (χ0n) is 14.7. The van der Waals surface area contributed by atoms with Gasteiger partial charge in [-0.2, -0.15) is 0 Å². The Morgan fingerprint density at radius 2 is 2.08 bits per heavy atom. The number of aromatic nitrogens is 1. The maximum absolute atomic E-state index is 12.5. The summed E-state index contributed by atoms with van der Waals surface area (Å²) in [4.78, 5) is 18.8. The average Bonchev–Trinajstić information content (AvgIpc) is 3.43. The summed E-state index contributed by atoms with van der Waals surface area (Å²) in [6.07, 6.45) is 7.53. The zero-order chi connectivity index (χ0) is 16.8. The molecular weight excluding hydrogens is 302 g/mol. The van der Waals surface area contributed by atoms with E-state index in [0.717, 1.165) is 69.8 Å². The first-order valence-electron chi connectivity index (χ1n) is 9.29. The third kappa shape index (κ3) is 5.20. The van der Waals surface area contributed by atoms with Crippen LogP contribution in [0.15, 0.2) is 18.3 Å². The molecule has 1 aromatic rings. The van der Waals surface area contributed by atoms with Gasteiger partial charge >= 0.3 is 0 Å². The summed E-state index contributed by atoms with van der Waals surface area (Å²) < 4.78 is 5.61. The van der Waals surface area contributed by atoms with Crippen molar-refractivity contribution in [3.63, 3.8) is 0 Å². The van der Waals surface area contributed by atoms with Crippen LogP contribution in [0, 0.1) is 11.8 Å². The molecule has 2 heterocycles. The van der Waals surface area contributed by atoms with Crippen molar-refractivity contribution in [3.05, 3.63) is 23.9 Å². The lowest BCUT2D eigenvalue weighted by atomic mass is 9.99. The fourth-order valence-corrected chi connectivity index (χ4v) is 2.94. The van der Waals surface area contributed by atoms with Gasteiger partial charge in [-0.05, 0) is 56.1 Å². The number of ether oxygens (including phenoxy) is 1. The topological polar surface area (TPSA) is 54.5 Å². The molecular formula is C19H29N3O2. The first-order chi connectivity index (χ1) is 11.7. The molecule has 2 fully saturated rings. The van der Waals surface area contributed by atoms with Crippen LogP contribution >= 0.6 is 0 Å². The molecule has 1 amide bonds. The lowest BCUT2D eigenvalue weighted by Gasteiger charge is -2.30. The molecule has 3 rings (SSSR count). The van der Waals surface area contributed by atoms with Gasteiger partial charge in [-0.15, -0.1) is 0 Å². The predicted molar refractivity (Wildman–Crippen MR) is 95.2 cm³/mol. The minimum Gasteiger partial charge on any atom is -0.381 e. The molecule has 2 aliphatic rings. The Hall–Kier alpha value is -1.62. The molecule has 0 unspecified atom stereocenters. The standard InChI is InChI=1S/C19H29N3O2/c1-15-7-10-22(11-8-15)19(23)17-5-6-18(21-13-17)20-9-2-12-24-14-16-3-4-16/h5-6,13,15-16H,2-4,7-12,14H2,1H3,(H,20,21). The number of carbonyl (C=O) groups excluding carboxylic acids is 1. The third-order valence-electron chi connectivity index (χ3n) is 4.90. The van der Waals surface area contributed by atoms with Gasteiger partial charge in [-0.25, -0.2) is 4.98 Å². The van der Waals surface area contributed by atoms with Crippen LogP contribution in [0.5, 0.6) is 0 Å². The number of anilines is 1. The lowest BCUT2D eigenvalue weighted by Crippen LogP contribution is -2.37. The molecule has 1 aromatic heterocycles. The number of carbonyl (C=O) groups is 1. The van der Waals surface area contributed by atoms with Gasteiger partial charge in [0.25, 0.3) is 5.91 Å². The summed E-state index contributed by atoms with van der Waals surface area (Å²) in [7, 11) is 0. The second-order valence-electron chi connectivity index (χ2n) is 7.21. The number of nitrogens with zero attached hydrogens (tertiary/aromatic N) is 2. The molecule has 5 heteroatoms. The number of nitrogens with one attached hydrogen (secondary N) is 1. The van der Waals surface area contributed by atoms with Crippen LogP contribution in [0.25, 0.3) is 0 Å². The maximum atomic E-state index is 12.5. The Morgan fingerprint density at radius 3 is 2.75 bits per heavy atom. The highest BCUT2D eigenvalue weighted by molar-refractivity contribution is 5.94. The molecule has 1 aliphatic heterocycles. The Labute approximate surface area is 144 Å². The van der Waals surface area contributed by atoms with Gasteiger partial charge in [0.05, 0.1) is 5.56 Å². The van der Waals surface area contributed by atoms with Gasteiger partial charge in [-0.3, -0.25) is 4.79 Å². The van der Waals surface area contributed by atoms with Crippen LogP contribution in [0.1, 0.15) is 49.4 Å². The van der Waals surface area contributed by atoms with Gasteiger partial charge < -0.3 is 15.0 Å². The summed E-state index contributed by atoms with van der Waals surface area (Å²) in [5.74, 6) is 2.48. The third-order valence-corrected chi connectivity index (χ3v) is 4.90. The second-order valence-corrected chi connectivity index (χ2v) is 7.21. The van der Waals surface area contributed by atoms with Crippen LogP contribution in [-0.4, -0.2) is 48.6 Å². The van der Waals surface area contributed by atoms with E-state index in [4.69, 9.17) is 4.74 Å². The van der Waals surface area contributed by atoms with Gasteiger partial charge in [-0.1, -0.05) is 6.92 Å². The number of piperidine rings is 1. The van der Waals surface area contributed by atoms with E-state index in [0.29, 0.717) is 5.56 Å². The highest BCUT2D eigenvalue weighted by Gasteiger charge is 2.22. The van der Waals surface area contributed by atoms with Crippen molar-refractivity contribution in [2.24, 2.45) is 11.8 Å². The van der Waals surface area contributed by atoms with E-state index in [1.807, 2.05) is 17.0 Å². The van der Waals surface area contributed by atoms with Crippen LogP contribution in [-0.2, 0) is 4.74 Å². The first kappa shape index (κ1) is 17.2. The van der Waals surface area contributed by atoms with Crippen molar-refractivity contribution in [1.82, 2.24) is 9.88 Å². The Bertz CT molecular complexity index is 520. The zero-order valence-corrected chi connectivity index (χ0v) is 14.7. The molecule has 132 valence electrons. The van der Waals surface area contributed by atoms with E-state index in [1.54, 1.807) is 6.20 Å². The fraction of sp³-hybridized carbons (Fsp3) is 0.684. The van der Waals surface area contributed by atoms with Crippen molar-refractivity contribution in [2.75, 3.05) is 38.2 Å². The normalized spacial score (nSPS) is 18.6. The number of likely N-dealkylation sites (tertiary alicyclic amines) is 1. The van der Waals surface area contributed by atoms with Crippen molar-refractivity contribution in [3.8, 4) is 0 Å². The minimum absolute atomic E-state index is 0.106. The second kappa shape index (κ2) is 8.47. The fourth-order valence-electron chi connectivity index (χ4n) is 2.94. The monoisotopic (exact) mass is 331 g/mol. The van der Waals surface area contributed by atoms with Crippen LogP contribution in [0.3, 0.4) is 0 Å². The quantitative estimate of drug-likeness (QED) is 0.743. The van der Waals surface area contributed by atoms with E-state index in [1.165, 1.54) is 12.8 Å². The number of hydrogen-bond acceptors (Lipinski definition) is 4. The molecule has 1 aliphatic carbocycles. The number of rotatable bonds is 8.